The molecule has 1 aliphatic carbocycles. The Labute approximate surface area is 138 Å². The molecule has 1 aromatic rings. The van der Waals surface area contributed by atoms with Gasteiger partial charge in [-0.1, -0.05) is 29.8 Å². The van der Waals surface area contributed by atoms with E-state index >= 15 is 0 Å². The minimum Gasteiger partial charge on any atom is -0.444 e. The normalized spacial score (nSPS) is 25.3. The van der Waals surface area contributed by atoms with E-state index in [-0.39, 0.29) is 23.6 Å². The number of benzene rings is 1. The topological polar surface area (TPSA) is 33.9 Å². The van der Waals surface area contributed by atoms with Crippen LogP contribution in [0, 0.1) is 13.5 Å². The van der Waals surface area contributed by atoms with Crippen molar-refractivity contribution in [2.45, 2.75) is 63.6 Å². The van der Waals surface area contributed by atoms with Gasteiger partial charge in [-0.25, -0.2) is 11.4 Å². The number of aryl methyl sites for hydroxylation is 1. The Morgan fingerprint density at radius 2 is 2.09 bits per heavy atom. The molecule has 1 aromatic carbocycles. The number of likely N-dealkylation sites (tertiary alicyclic amines) is 1. The lowest BCUT2D eigenvalue weighted by molar-refractivity contribution is 0.0199. The van der Waals surface area contributed by atoms with Crippen LogP contribution in [0.4, 0.5) is 4.79 Å². The molecule has 0 bridgehead atoms. The van der Waals surface area contributed by atoms with E-state index in [1.807, 2.05) is 31.7 Å². The van der Waals surface area contributed by atoms with Crippen molar-refractivity contribution in [1.29, 1.82) is 0 Å². The average Bonchev–Trinajstić information content (AvgIpc) is 3.13. The molecule has 0 aromatic heterocycles. The van der Waals surface area contributed by atoms with Crippen molar-refractivity contribution in [2.24, 2.45) is 0 Å². The second-order valence-corrected chi connectivity index (χ2v) is 7.79. The van der Waals surface area contributed by atoms with Crippen molar-refractivity contribution in [1.82, 2.24) is 4.90 Å². The summed E-state index contributed by atoms with van der Waals surface area (Å²) >= 11 is 0. The highest BCUT2D eigenvalue weighted by atomic mass is 16.6. The average molecular weight is 312 g/mol. The first-order valence-electron chi connectivity index (χ1n) is 8.21. The highest BCUT2D eigenvalue weighted by molar-refractivity contribution is 5.71. The Morgan fingerprint density at radius 1 is 1.39 bits per heavy atom. The summed E-state index contributed by atoms with van der Waals surface area (Å²) in [6.45, 7) is 16.0. The molecule has 2 atom stereocenters. The first-order chi connectivity index (χ1) is 10.8. The molecule has 0 N–H and O–H groups in total. The second-order valence-electron chi connectivity index (χ2n) is 7.79. The Morgan fingerprint density at radius 3 is 2.61 bits per heavy atom. The summed E-state index contributed by atoms with van der Waals surface area (Å²) in [5.74, 6) is 0.0717. The summed E-state index contributed by atoms with van der Waals surface area (Å²) in [6.07, 6.45) is 1.53. The molecule has 23 heavy (non-hydrogen) atoms. The van der Waals surface area contributed by atoms with Crippen molar-refractivity contribution >= 4 is 6.09 Å². The van der Waals surface area contributed by atoms with E-state index in [4.69, 9.17) is 11.3 Å². The lowest BCUT2D eigenvalue weighted by Crippen LogP contribution is -2.43. The van der Waals surface area contributed by atoms with E-state index in [1.54, 1.807) is 0 Å². The zero-order valence-electron chi connectivity index (χ0n) is 14.3. The molecule has 0 unspecified atom stereocenters. The van der Waals surface area contributed by atoms with E-state index < -0.39 is 5.60 Å². The molecule has 2 aliphatic rings. The van der Waals surface area contributed by atoms with E-state index in [1.165, 1.54) is 5.56 Å². The van der Waals surface area contributed by atoms with E-state index in [2.05, 4.69) is 30.0 Å². The van der Waals surface area contributed by atoms with Crippen LogP contribution in [0.5, 0.6) is 0 Å². The van der Waals surface area contributed by atoms with E-state index in [0.29, 0.717) is 6.54 Å². The predicted octanol–water partition coefficient (Wildman–Crippen LogP) is 4.15. The fourth-order valence-electron chi connectivity index (χ4n) is 3.68. The molecule has 3 rings (SSSR count). The summed E-state index contributed by atoms with van der Waals surface area (Å²) < 4.78 is 5.58. The highest BCUT2D eigenvalue weighted by Gasteiger charge is 2.68. The van der Waals surface area contributed by atoms with Crippen molar-refractivity contribution in [3.05, 3.63) is 46.8 Å². The van der Waals surface area contributed by atoms with Gasteiger partial charge in [-0.05, 0) is 46.1 Å². The third kappa shape index (κ3) is 2.81. The van der Waals surface area contributed by atoms with Crippen LogP contribution in [-0.2, 0) is 4.74 Å². The summed E-state index contributed by atoms with van der Waals surface area (Å²) in [5, 5.41) is 0. The zero-order chi connectivity index (χ0) is 16.8. The summed E-state index contributed by atoms with van der Waals surface area (Å²) in [4.78, 5) is 18.4. The molecular weight excluding hydrogens is 288 g/mol. The number of ether oxygens (including phenoxy) is 1. The zero-order valence-corrected chi connectivity index (χ0v) is 14.3. The molecule has 1 amide bonds. The van der Waals surface area contributed by atoms with Crippen LogP contribution in [0.3, 0.4) is 0 Å². The fraction of sp³-hybridized carbons (Fsp3) is 0.579. The number of carbonyl (C=O) groups excluding carboxylic acids is 1. The predicted molar refractivity (Wildman–Crippen MR) is 89.2 cm³/mol. The molecule has 0 radical (unpaired) electrons. The quantitative estimate of drug-likeness (QED) is 0.730. The molecule has 1 saturated carbocycles. The van der Waals surface area contributed by atoms with Crippen LogP contribution in [0.15, 0.2) is 24.3 Å². The monoisotopic (exact) mass is 312 g/mol. The summed E-state index contributed by atoms with van der Waals surface area (Å²) in [5.41, 5.74) is 1.52. The van der Waals surface area contributed by atoms with Gasteiger partial charge in [-0.3, -0.25) is 4.90 Å². The smallest absolute Gasteiger partial charge is 0.411 e. The molecule has 4 nitrogen and oxygen atoms in total. The van der Waals surface area contributed by atoms with Crippen molar-refractivity contribution in [3.8, 4) is 0 Å². The number of hydrogen-bond donors (Lipinski definition) is 0. The van der Waals surface area contributed by atoms with Gasteiger partial charge in [0.15, 0.2) is 0 Å². The minimum absolute atomic E-state index is 0.0717. The molecule has 2 fully saturated rings. The van der Waals surface area contributed by atoms with Crippen LogP contribution >= 0.6 is 0 Å². The van der Waals surface area contributed by atoms with Gasteiger partial charge in [0.25, 0.3) is 6.04 Å². The van der Waals surface area contributed by atoms with Crippen LogP contribution in [0.1, 0.15) is 50.7 Å². The summed E-state index contributed by atoms with van der Waals surface area (Å²) in [7, 11) is 0. The van der Waals surface area contributed by atoms with Crippen LogP contribution in [0.25, 0.3) is 4.85 Å². The minimum atomic E-state index is -0.512. The van der Waals surface area contributed by atoms with Gasteiger partial charge in [-0.2, -0.15) is 0 Å². The standard InChI is InChI=1S/C19H24N2O2/c1-13-7-6-8-14(11-13)15-12-21(17(22)23-18(2,3)4)19(9-10-19)16(15)20-5/h6-8,11,15-16H,9-10,12H2,1-4H3/t15-,16-/m0/s1. The van der Waals surface area contributed by atoms with Gasteiger partial charge in [0.2, 0.25) is 0 Å². The Balaban J connectivity index is 1.90. The van der Waals surface area contributed by atoms with Gasteiger partial charge < -0.3 is 9.58 Å². The number of carbonyl (C=O) groups is 1. The highest BCUT2D eigenvalue weighted by Crippen LogP contribution is 2.55. The third-order valence-electron chi connectivity index (χ3n) is 4.83. The maximum Gasteiger partial charge on any atom is 0.411 e. The van der Waals surface area contributed by atoms with E-state index in [9.17, 15) is 4.79 Å². The Hall–Kier alpha value is -2.02. The fourth-order valence-corrected chi connectivity index (χ4v) is 3.68. The number of nitrogens with zero attached hydrogens (tertiary/aromatic N) is 2. The Kier molecular flexibility index (Phi) is 3.63. The lowest BCUT2D eigenvalue weighted by atomic mass is 9.90. The Bertz CT molecular complexity index is 665. The number of rotatable bonds is 1. The van der Waals surface area contributed by atoms with Crippen LogP contribution < -0.4 is 0 Å². The molecule has 1 saturated heterocycles. The largest absolute Gasteiger partial charge is 0.444 e. The summed E-state index contributed by atoms with van der Waals surface area (Å²) in [6, 6.07) is 8.13. The molecule has 122 valence electrons. The first kappa shape index (κ1) is 15.9. The molecule has 1 heterocycles. The second kappa shape index (κ2) is 5.26. The van der Waals surface area contributed by atoms with Gasteiger partial charge in [0.05, 0.1) is 5.92 Å². The van der Waals surface area contributed by atoms with Gasteiger partial charge in [0, 0.05) is 6.54 Å². The number of hydrogen-bond acceptors (Lipinski definition) is 2. The maximum atomic E-state index is 12.6. The number of amides is 1. The molecule has 4 heteroatoms. The van der Waals surface area contributed by atoms with Crippen molar-refractivity contribution in [3.63, 3.8) is 0 Å². The van der Waals surface area contributed by atoms with Gasteiger partial charge in [0.1, 0.15) is 11.1 Å². The van der Waals surface area contributed by atoms with Crippen LogP contribution in [0.2, 0.25) is 0 Å². The van der Waals surface area contributed by atoms with E-state index in [0.717, 1.165) is 18.4 Å². The first-order valence-corrected chi connectivity index (χ1v) is 8.21. The maximum absolute atomic E-state index is 12.6. The van der Waals surface area contributed by atoms with Crippen LogP contribution in [-0.4, -0.2) is 34.7 Å². The van der Waals surface area contributed by atoms with Gasteiger partial charge in [-0.15, -0.1) is 0 Å². The molecular formula is C19H24N2O2. The SMILES string of the molecule is [C-]#[N+][C@H]1[C@H](c2cccc(C)c2)CN(C(=O)OC(C)(C)C)C12CC2. The molecule has 1 spiro atoms. The lowest BCUT2D eigenvalue weighted by Gasteiger charge is -2.27. The molecule has 1 aliphatic heterocycles. The third-order valence-corrected chi connectivity index (χ3v) is 4.83. The van der Waals surface area contributed by atoms with Crippen molar-refractivity contribution < 1.29 is 9.53 Å². The van der Waals surface area contributed by atoms with Gasteiger partial charge >= 0.3 is 6.09 Å². The van der Waals surface area contributed by atoms with Crippen molar-refractivity contribution in [2.75, 3.05) is 6.54 Å².